The molecule has 0 aliphatic heterocycles. The Morgan fingerprint density at radius 3 is 2.75 bits per heavy atom. The summed E-state index contributed by atoms with van der Waals surface area (Å²) in [6.07, 6.45) is 0.278. The maximum atomic E-state index is 13.0. The van der Waals surface area contributed by atoms with Crippen molar-refractivity contribution in [2.24, 2.45) is 0 Å². The molecule has 5 nitrogen and oxygen atoms in total. The number of carbonyl (C=O) groups excluding carboxylic acids is 1. The third-order valence-electron chi connectivity index (χ3n) is 2.90. The molecule has 1 unspecified atom stereocenters. The van der Waals surface area contributed by atoms with E-state index in [1.165, 1.54) is 24.3 Å². The van der Waals surface area contributed by atoms with Gasteiger partial charge in [0.1, 0.15) is 17.6 Å². The van der Waals surface area contributed by atoms with Gasteiger partial charge in [-0.05, 0) is 30.7 Å². The van der Waals surface area contributed by atoms with E-state index in [9.17, 15) is 14.0 Å². The minimum Gasteiger partial charge on any atom is -0.480 e. The van der Waals surface area contributed by atoms with E-state index in [0.717, 1.165) is 0 Å². The summed E-state index contributed by atoms with van der Waals surface area (Å²) in [4.78, 5) is 26.9. The van der Waals surface area contributed by atoms with Crippen LogP contribution in [0.5, 0.6) is 0 Å². The Morgan fingerprint density at radius 2 is 2.10 bits per heavy atom. The number of aliphatic carboxylic acids is 1. The first-order valence-corrected chi connectivity index (χ1v) is 6.11. The summed E-state index contributed by atoms with van der Waals surface area (Å²) in [5.41, 5.74) is 0.575. The summed E-state index contributed by atoms with van der Waals surface area (Å²) >= 11 is 0. The lowest BCUT2D eigenvalue weighted by Gasteiger charge is -2.11. The molecule has 1 heterocycles. The molecule has 0 saturated carbocycles. The minimum absolute atomic E-state index is 0.101. The van der Waals surface area contributed by atoms with Gasteiger partial charge in [-0.15, -0.1) is 0 Å². The first-order chi connectivity index (χ1) is 9.51. The topological polar surface area (TPSA) is 79.3 Å². The largest absolute Gasteiger partial charge is 0.480 e. The first kappa shape index (κ1) is 13.9. The average Bonchev–Trinajstić information content (AvgIpc) is 2.43. The minimum atomic E-state index is -1.09. The molecule has 0 fully saturated rings. The van der Waals surface area contributed by atoms with Crippen molar-refractivity contribution in [3.05, 3.63) is 41.8 Å². The van der Waals surface area contributed by atoms with Gasteiger partial charge in [-0.25, -0.2) is 14.2 Å². The smallest absolute Gasteiger partial charge is 0.326 e. The molecule has 2 rings (SSSR count). The van der Waals surface area contributed by atoms with Crippen LogP contribution in [0.25, 0.3) is 10.9 Å². The predicted octanol–water partition coefficient (Wildman–Crippen LogP) is 1.97. The fourth-order valence-electron chi connectivity index (χ4n) is 1.79. The molecule has 20 heavy (non-hydrogen) atoms. The third kappa shape index (κ3) is 2.90. The molecule has 2 N–H and O–H groups in total. The number of rotatable bonds is 4. The van der Waals surface area contributed by atoms with Crippen molar-refractivity contribution >= 4 is 22.8 Å². The molecule has 0 aliphatic carbocycles. The molecule has 0 saturated heterocycles. The number of pyridine rings is 1. The number of carbonyl (C=O) groups is 2. The zero-order chi connectivity index (χ0) is 14.7. The van der Waals surface area contributed by atoms with Gasteiger partial charge in [0.25, 0.3) is 5.91 Å². The lowest BCUT2D eigenvalue weighted by Crippen LogP contribution is -2.40. The van der Waals surface area contributed by atoms with Crippen molar-refractivity contribution in [2.45, 2.75) is 19.4 Å². The van der Waals surface area contributed by atoms with Crippen LogP contribution in [0.1, 0.15) is 23.8 Å². The SMILES string of the molecule is CCC(NC(=O)c1ccc2cc(F)ccc2n1)C(=O)O. The number of amides is 1. The van der Waals surface area contributed by atoms with Crippen molar-refractivity contribution in [3.8, 4) is 0 Å². The molecule has 2 aromatic rings. The van der Waals surface area contributed by atoms with Crippen molar-refractivity contribution in [2.75, 3.05) is 0 Å². The van der Waals surface area contributed by atoms with Gasteiger partial charge in [0.15, 0.2) is 0 Å². The Bertz CT molecular complexity index is 673. The van der Waals surface area contributed by atoms with Crippen molar-refractivity contribution < 1.29 is 19.1 Å². The molecule has 6 heteroatoms. The van der Waals surface area contributed by atoms with Crippen LogP contribution in [-0.4, -0.2) is 28.0 Å². The Labute approximate surface area is 114 Å². The Balaban J connectivity index is 2.26. The summed E-state index contributed by atoms with van der Waals surface area (Å²) in [5, 5.41) is 11.9. The summed E-state index contributed by atoms with van der Waals surface area (Å²) in [6.45, 7) is 1.66. The van der Waals surface area contributed by atoms with Crippen molar-refractivity contribution in [1.29, 1.82) is 0 Å². The van der Waals surface area contributed by atoms with Gasteiger partial charge in [-0.1, -0.05) is 13.0 Å². The summed E-state index contributed by atoms with van der Waals surface area (Å²) in [7, 11) is 0. The van der Waals surface area contributed by atoms with E-state index in [-0.39, 0.29) is 17.9 Å². The van der Waals surface area contributed by atoms with Gasteiger partial charge in [0.05, 0.1) is 5.52 Å². The number of nitrogens with one attached hydrogen (secondary N) is 1. The van der Waals surface area contributed by atoms with Crippen LogP contribution in [-0.2, 0) is 4.79 Å². The van der Waals surface area contributed by atoms with Gasteiger partial charge >= 0.3 is 5.97 Å². The van der Waals surface area contributed by atoms with Gasteiger partial charge in [0, 0.05) is 5.39 Å². The van der Waals surface area contributed by atoms with Gasteiger partial charge < -0.3 is 10.4 Å². The quantitative estimate of drug-likeness (QED) is 0.894. The molecule has 0 radical (unpaired) electrons. The Kier molecular flexibility index (Phi) is 3.93. The first-order valence-electron chi connectivity index (χ1n) is 6.11. The van der Waals surface area contributed by atoms with E-state index in [2.05, 4.69) is 10.3 Å². The van der Waals surface area contributed by atoms with Crippen molar-refractivity contribution in [3.63, 3.8) is 0 Å². The molecular weight excluding hydrogens is 263 g/mol. The average molecular weight is 276 g/mol. The molecule has 104 valence electrons. The fourth-order valence-corrected chi connectivity index (χ4v) is 1.79. The van der Waals surface area contributed by atoms with Crippen LogP contribution in [0.15, 0.2) is 30.3 Å². The highest BCUT2D eigenvalue weighted by molar-refractivity contribution is 5.96. The molecule has 1 aromatic carbocycles. The molecule has 1 amide bonds. The maximum absolute atomic E-state index is 13.0. The summed E-state index contributed by atoms with van der Waals surface area (Å²) < 4.78 is 13.0. The zero-order valence-electron chi connectivity index (χ0n) is 10.8. The van der Waals surface area contributed by atoms with E-state index in [0.29, 0.717) is 10.9 Å². The lowest BCUT2D eigenvalue weighted by atomic mass is 10.2. The van der Waals surface area contributed by atoms with Crippen molar-refractivity contribution in [1.82, 2.24) is 10.3 Å². The number of aromatic nitrogens is 1. The molecule has 0 bridgehead atoms. The van der Waals surface area contributed by atoms with Crippen LogP contribution < -0.4 is 5.32 Å². The number of carboxylic acid groups (broad SMARTS) is 1. The monoisotopic (exact) mass is 276 g/mol. The second kappa shape index (κ2) is 5.64. The molecule has 0 spiro atoms. The van der Waals surface area contributed by atoms with E-state index in [1.807, 2.05) is 0 Å². The number of halogens is 1. The highest BCUT2D eigenvalue weighted by Gasteiger charge is 2.19. The highest BCUT2D eigenvalue weighted by atomic mass is 19.1. The van der Waals surface area contributed by atoms with E-state index in [4.69, 9.17) is 5.11 Å². The number of hydrogen-bond donors (Lipinski definition) is 2. The number of fused-ring (bicyclic) bond motifs is 1. The van der Waals surface area contributed by atoms with Gasteiger partial charge in [-0.3, -0.25) is 4.79 Å². The Morgan fingerprint density at radius 1 is 1.35 bits per heavy atom. The summed E-state index contributed by atoms with van der Waals surface area (Å²) in [6, 6.07) is 6.09. The number of benzene rings is 1. The second-order valence-corrected chi connectivity index (χ2v) is 4.31. The zero-order valence-corrected chi connectivity index (χ0v) is 10.8. The van der Waals surface area contributed by atoms with Crippen LogP contribution in [0.3, 0.4) is 0 Å². The summed E-state index contributed by atoms with van der Waals surface area (Å²) in [5.74, 6) is -2.04. The predicted molar refractivity (Wildman–Crippen MR) is 70.9 cm³/mol. The van der Waals surface area contributed by atoms with Crippen LogP contribution in [0, 0.1) is 5.82 Å². The molecule has 1 aromatic heterocycles. The molecule has 0 aliphatic rings. The van der Waals surface area contributed by atoms with E-state index < -0.39 is 17.9 Å². The van der Waals surface area contributed by atoms with Crippen LogP contribution >= 0.6 is 0 Å². The number of hydrogen-bond acceptors (Lipinski definition) is 3. The van der Waals surface area contributed by atoms with Crippen LogP contribution in [0.4, 0.5) is 4.39 Å². The normalized spacial score (nSPS) is 12.1. The van der Waals surface area contributed by atoms with Gasteiger partial charge in [-0.2, -0.15) is 0 Å². The fraction of sp³-hybridized carbons (Fsp3) is 0.214. The third-order valence-corrected chi connectivity index (χ3v) is 2.90. The van der Waals surface area contributed by atoms with E-state index >= 15 is 0 Å². The Hall–Kier alpha value is -2.50. The standard InChI is InChI=1S/C14H13FN2O3/c1-2-10(14(19)20)17-13(18)12-5-3-8-7-9(15)4-6-11(8)16-12/h3-7,10H,2H2,1H3,(H,17,18)(H,19,20). The number of carboxylic acids is 1. The maximum Gasteiger partial charge on any atom is 0.326 e. The molecule has 1 atom stereocenters. The highest BCUT2D eigenvalue weighted by Crippen LogP contribution is 2.14. The molecular formula is C14H13FN2O3. The second-order valence-electron chi connectivity index (χ2n) is 4.31. The van der Waals surface area contributed by atoms with Crippen LogP contribution in [0.2, 0.25) is 0 Å². The lowest BCUT2D eigenvalue weighted by molar-refractivity contribution is -0.139. The van der Waals surface area contributed by atoms with Gasteiger partial charge in [0.2, 0.25) is 0 Å². The van der Waals surface area contributed by atoms with E-state index in [1.54, 1.807) is 13.0 Å². The number of nitrogens with zero attached hydrogens (tertiary/aromatic N) is 1.